The van der Waals surface area contributed by atoms with Crippen LogP contribution in [0.25, 0.3) is 0 Å². The molecular weight excluding hydrogens is 358 g/mol. The number of hydrogen-bond acceptors (Lipinski definition) is 5. The molecule has 2 aromatic carbocycles. The monoisotopic (exact) mass is 379 g/mol. The number of benzene rings is 2. The maximum absolute atomic E-state index is 12.2. The van der Waals surface area contributed by atoms with Crippen molar-refractivity contribution in [2.24, 2.45) is 5.10 Å². The molecule has 1 unspecified atom stereocenters. The van der Waals surface area contributed by atoms with Crippen LogP contribution < -0.4 is 5.32 Å². The Bertz CT molecular complexity index is 881. The maximum atomic E-state index is 12.2. The minimum Gasteiger partial charge on any atom is -0.454 e. The van der Waals surface area contributed by atoms with E-state index in [1.807, 2.05) is 30.3 Å². The summed E-state index contributed by atoms with van der Waals surface area (Å²) < 4.78 is 5.04. The lowest BCUT2D eigenvalue weighted by atomic mass is 10.1. The number of hydrogen-bond donors (Lipinski definition) is 1. The zero-order valence-electron chi connectivity index (χ0n) is 15.5. The van der Waals surface area contributed by atoms with Crippen LogP contribution >= 0.6 is 0 Å². The third-order valence-corrected chi connectivity index (χ3v) is 4.27. The second-order valence-electron chi connectivity index (χ2n) is 6.35. The van der Waals surface area contributed by atoms with E-state index in [1.165, 1.54) is 11.9 Å². The molecule has 0 bridgehead atoms. The van der Waals surface area contributed by atoms with E-state index < -0.39 is 24.5 Å². The van der Waals surface area contributed by atoms with Crippen molar-refractivity contribution in [3.05, 3.63) is 71.8 Å². The van der Waals surface area contributed by atoms with Crippen molar-refractivity contribution in [1.29, 1.82) is 0 Å². The molecule has 1 N–H and O–H groups in total. The molecule has 0 radical (unpaired) electrons. The average molecular weight is 379 g/mol. The Labute approximate surface area is 163 Å². The van der Waals surface area contributed by atoms with E-state index in [0.717, 1.165) is 11.3 Å². The van der Waals surface area contributed by atoms with E-state index in [4.69, 9.17) is 4.74 Å². The largest absolute Gasteiger partial charge is 0.454 e. The molecule has 0 saturated heterocycles. The van der Waals surface area contributed by atoms with E-state index in [-0.39, 0.29) is 5.91 Å². The van der Waals surface area contributed by atoms with Gasteiger partial charge in [0.2, 0.25) is 0 Å². The fourth-order valence-corrected chi connectivity index (χ4v) is 2.73. The number of rotatable bonds is 6. The van der Waals surface area contributed by atoms with Crippen LogP contribution in [0, 0.1) is 0 Å². The topological polar surface area (TPSA) is 88.1 Å². The van der Waals surface area contributed by atoms with Crippen molar-refractivity contribution < 1.29 is 19.1 Å². The van der Waals surface area contributed by atoms with Crippen molar-refractivity contribution in [3.63, 3.8) is 0 Å². The van der Waals surface area contributed by atoms with Gasteiger partial charge in [0.25, 0.3) is 11.8 Å². The molecule has 0 aromatic heterocycles. The standard InChI is InChI=1S/C21H21N3O4/c1-15(22-20(26)17-10-6-3-7-11-17)21(27)28-14-19(25)24-13-12-18(23-24)16-8-4-2-5-9-16/h2-11,15H,12-14H2,1H3,(H,22,26). The normalized spacial score (nSPS) is 14.2. The summed E-state index contributed by atoms with van der Waals surface area (Å²) in [6.45, 7) is 1.53. The van der Waals surface area contributed by atoms with Crippen LogP contribution in [-0.2, 0) is 14.3 Å². The highest BCUT2D eigenvalue weighted by molar-refractivity contribution is 6.02. The highest BCUT2D eigenvalue weighted by Crippen LogP contribution is 2.13. The summed E-state index contributed by atoms with van der Waals surface area (Å²) in [6, 6.07) is 17.3. The SMILES string of the molecule is CC(NC(=O)c1ccccc1)C(=O)OCC(=O)N1CCC(c2ccccc2)=N1. The van der Waals surface area contributed by atoms with E-state index in [0.29, 0.717) is 18.5 Å². The Hall–Kier alpha value is -3.48. The minimum absolute atomic E-state index is 0.381. The van der Waals surface area contributed by atoms with Crippen molar-refractivity contribution in [2.75, 3.05) is 13.2 Å². The van der Waals surface area contributed by atoms with Crippen molar-refractivity contribution >= 4 is 23.5 Å². The predicted molar refractivity (Wildman–Crippen MR) is 104 cm³/mol. The molecule has 1 aliphatic heterocycles. The quantitative estimate of drug-likeness (QED) is 0.778. The van der Waals surface area contributed by atoms with E-state index >= 15 is 0 Å². The Morgan fingerprint density at radius 3 is 2.39 bits per heavy atom. The van der Waals surface area contributed by atoms with Gasteiger partial charge >= 0.3 is 5.97 Å². The summed E-state index contributed by atoms with van der Waals surface area (Å²) in [7, 11) is 0. The van der Waals surface area contributed by atoms with Crippen LogP contribution in [0.2, 0.25) is 0 Å². The zero-order valence-corrected chi connectivity index (χ0v) is 15.5. The highest BCUT2D eigenvalue weighted by Gasteiger charge is 2.24. The summed E-state index contributed by atoms with van der Waals surface area (Å²) in [5.74, 6) is -1.46. The summed E-state index contributed by atoms with van der Waals surface area (Å²) in [6.07, 6.45) is 0.646. The van der Waals surface area contributed by atoms with E-state index in [1.54, 1.807) is 30.3 Å². The molecule has 7 heteroatoms. The average Bonchev–Trinajstić information content (AvgIpc) is 3.23. The molecule has 2 amide bonds. The lowest BCUT2D eigenvalue weighted by Crippen LogP contribution is -2.40. The van der Waals surface area contributed by atoms with Gasteiger partial charge in [-0.2, -0.15) is 5.10 Å². The van der Waals surface area contributed by atoms with Gasteiger partial charge in [-0.05, 0) is 24.6 Å². The lowest BCUT2D eigenvalue weighted by Gasteiger charge is -2.15. The van der Waals surface area contributed by atoms with Gasteiger partial charge < -0.3 is 10.1 Å². The van der Waals surface area contributed by atoms with Gasteiger partial charge in [0.15, 0.2) is 6.61 Å². The Morgan fingerprint density at radius 1 is 1.07 bits per heavy atom. The van der Waals surface area contributed by atoms with Gasteiger partial charge in [0.05, 0.1) is 12.3 Å². The first-order chi connectivity index (χ1) is 13.5. The van der Waals surface area contributed by atoms with Crippen molar-refractivity contribution in [1.82, 2.24) is 10.3 Å². The predicted octanol–water partition coefficient (Wildman–Crippen LogP) is 1.98. The number of carbonyl (C=O) groups is 3. The zero-order chi connectivity index (χ0) is 19.9. The minimum atomic E-state index is -0.873. The first-order valence-electron chi connectivity index (χ1n) is 9.00. The molecule has 0 aliphatic carbocycles. The summed E-state index contributed by atoms with van der Waals surface area (Å²) in [5.41, 5.74) is 2.23. The van der Waals surface area contributed by atoms with E-state index in [2.05, 4.69) is 10.4 Å². The summed E-state index contributed by atoms with van der Waals surface area (Å²) in [4.78, 5) is 36.4. The van der Waals surface area contributed by atoms with Crippen LogP contribution in [0.5, 0.6) is 0 Å². The molecule has 0 spiro atoms. The molecule has 1 atom stereocenters. The second kappa shape index (κ2) is 8.94. The summed E-state index contributed by atoms with van der Waals surface area (Å²) >= 11 is 0. The number of carbonyl (C=O) groups excluding carboxylic acids is 3. The molecule has 0 saturated carbocycles. The molecule has 7 nitrogen and oxygen atoms in total. The Kier molecular flexibility index (Phi) is 6.16. The molecule has 1 aliphatic rings. The molecule has 1 heterocycles. The van der Waals surface area contributed by atoms with Crippen LogP contribution in [0.15, 0.2) is 65.8 Å². The first-order valence-corrected chi connectivity index (χ1v) is 9.00. The van der Waals surface area contributed by atoms with Gasteiger partial charge in [0.1, 0.15) is 6.04 Å². The Balaban J connectivity index is 1.48. The number of nitrogens with zero attached hydrogens (tertiary/aromatic N) is 2. The number of amides is 2. The summed E-state index contributed by atoms with van der Waals surface area (Å²) in [5, 5.41) is 8.17. The van der Waals surface area contributed by atoms with Crippen LogP contribution in [-0.4, -0.2) is 47.7 Å². The van der Waals surface area contributed by atoms with Crippen molar-refractivity contribution in [3.8, 4) is 0 Å². The molecule has 3 rings (SSSR count). The lowest BCUT2D eigenvalue weighted by molar-refractivity contribution is -0.153. The van der Waals surface area contributed by atoms with Gasteiger partial charge in [-0.1, -0.05) is 48.5 Å². The van der Waals surface area contributed by atoms with Crippen LogP contribution in [0.1, 0.15) is 29.3 Å². The van der Waals surface area contributed by atoms with Gasteiger partial charge in [-0.15, -0.1) is 0 Å². The molecular formula is C21H21N3O4. The third kappa shape index (κ3) is 4.82. The maximum Gasteiger partial charge on any atom is 0.328 e. The highest BCUT2D eigenvalue weighted by atomic mass is 16.5. The Morgan fingerprint density at radius 2 is 1.71 bits per heavy atom. The van der Waals surface area contributed by atoms with Crippen molar-refractivity contribution in [2.45, 2.75) is 19.4 Å². The number of esters is 1. The first kappa shape index (κ1) is 19.3. The number of ether oxygens (including phenoxy) is 1. The third-order valence-electron chi connectivity index (χ3n) is 4.27. The fraction of sp³-hybridized carbons (Fsp3) is 0.238. The van der Waals surface area contributed by atoms with E-state index in [9.17, 15) is 14.4 Å². The fourth-order valence-electron chi connectivity index (χ4n) is 2.73. The smallest absolute Gasteiger partial charge is 0.328 e. The van der Waals surface area contributed by atoms with Crippen LogP contribution in [0.4, 0.5) is 0 Å². The van der Waals surface area contributed by atoms with Gasteiger partial charge in [-0.25, -0.2) is 9.80 Å². The molecule has 0 fully saturated rings. The molecule has 28 heavy (non-hydrogen) atoms. The van der Waals surface area contributed by atoms with Gasteiger partial charge in [-0.3, -0.25) is 9.59 Å². The second-order valence-corrected chi connectivity index (χ2v) is 6.35. The number of hydrazone groups is 1. The van der Waals surface area contributed by atoms with Crippen LogP contribution in [0.3, 0.4) is 0 Å². The molecule has 144 valence electrons. The van der Waals surface area contributed by atoms with Gasteiger partial charge in [0, 0.05) is 12.0 Å². The molecule has 2 aromatic rings. The number of nitrogens with one attached hydrogen (secondary N) is 1.